The summed E-state index contributed by atoms with van der Waals surface area (Å²) in [7, 11) is 3.09. The number of carbonyl (C=O) groups excluding carboxylic acids is 3. The van der Waals surface area contributed by atoms with E-state index in [1.165, 1.54) is 30.2 Å². The van der Waals surface area contributed by atoms with Gasteiger partial charge in [-0.15, -0.1) is 0 Å². The number of urea groups is 1. The van der Waals surface area contributed by atoms with Crippen molar-refractivity contribution in [2.45, 2.75) is 32.5 Å². The molecule has 0 saturated heterocycles. The number of carbonyl (C=O) groups is 3. The maximum absolute atomic E-state index is 14.5. The molecule has 3 amide bonds. The summed E-state index contributed by atoms with van der Waals surface area (Å²) < 4.78 is 20.9. The number of hydrogen-bond donors (Lipinski definition) is 1. The lowest BCUT2D eigenvalue weighted by atomic mass is 10.0. The minimum Gasteiger partial charge on any atom is -0.467 e. The first kappa shape index (κ1) is 24.9. The molecule has 0 fully saturated rings. The molecule has 0 radical (unpaired) electrons. The molecule has 0 saturated carbocycles. The van der Waals surface area contributed by atoms with E-state index in [4.69, 9.17) is 0 Å². The second kappa shape index (κ2) is 10.6. The highest BCUT2D eigenvalue weighted by atomic mass is 19.1. The van der Waals surface area contributed by atoms with Gasteiger partial charge < -0.3 is 19.9 Å². The van der Waals surface area contributed by atoms with Gasteiger partial charge in [-0.05, 0) is 31.2 Å². The Morgan fingerprint density at radius 1 is 1.14 bits per heavy atom. The summed E-state index contributed by atoms with van der Waals surface area (Å²) in [6.45, 7) is 2.35. The Labute approximate surface area is 208 Å². The lowest BCUT2D eigenvalue weighted by Crippen LogP contribution is -2.48. The lowest BCUT2D eigenvalue weighted by Gasteiger charge is -2.29. The van der Waals surface area contributed by atoms with Gasteiger partial charge in [0.1, 0.15) is 11.9 Å². The van der Waals surface area contributed by atoms with E-state index in [2.05, 4.69) is 15.2 Å². The molecule has 0 aliphatic carbocycles. The Balaban J connectivity index is 1.62. The predicted molar refractivity (Wildman–Crippen MR) is 131 cm³/mol. The number of amides is 3. The number of nitrogens with one attached hydrogen (secondary N) is 1. The molecular formula is C26H28FN5O4. The van der Waals surface area contributed by atoms with E-state index in [0.717, 1.165) is 11.3 Å². The zero-order valence-electron chi connectivity index (χ0n) is 20.4. The standard InChI is InChI=1S/C26H28FN5O4/c1-17(25(34)36-3)28-26(35)31-14-13-23-20(15-31)22(29-30(23)2)16-32(18-9-5-4-6-10-18)24(33)19-11-7-8-12-21(19)27/h4-12,17H,13-16H2,1-3H3,(H,28,35). The number of para-hydroxylation sites is 1. The number of fused-ring (bicyclic) bond motifs is 1. The van der Waals surface area contributed by atoms with Crippen molar-refractivity contribution in [2.75, 3.05) is 18.6 Å². The summed E-state index contributed by atoms with van der Waals surface area (Å²) in [5.41, 5.74) is 2.96. The molecule has 0 spiro atoms. The second-order valence-corrected chi connectivity index (χ2v) is 8.57. The molecule has 3 aromatic rings. The Morgan fingerprint density at radius 2 is 1.83 bits per heavy atom. The Bertz CT molecular complexity index is 1280. The molecule has 1 N–H and O–H groups in total. The number of hydrogen-bond acceptors (Lipinski definition) is 5. The van der Waals surface area contributed by atoms with Crippen molar-refractivity contribution in [3.05, 3.63) is 82.9 Å². The molecule has 2 aromatic carbocycles. The Kier molecular flexibility index (Phi) is 7.33. The number of nitrogens with zero attached hydrogens (tertiary/aromatic N) is 4. The van der Waals surface area contributed by atoms with Crippen molar-refractivity contribution in [3.8, 4) is 0 Å². The molecule has 1 unspecified atom stereocenters. The fourth-order valence-corrected chi connectivity index (χ4v) is 4.30. The number of aryl methyl sites for hydroxylation is 1. The van der Waals surface area contributed by atoms with E-state index in [-0.39, 0.29) is 18.7 Å². The van der Waals surface area contributed by atoms with Crippen LogP contribution in [-0.2, 0) is 36.1 Å². The second-order valence-electron chi connectivity index (χ2n) is 8.57. The third-order valence-electron chi connectivity index (χ3n) is 6.23. The van der Waals surface area contributed by atoms with Gasteiger partial charge in [-0.1, -0.05) is 30.3 Å². The normalized spacial score (nSPS) is 13.5. The molecule has 9 nitrogen and oxygen atoms in total. The topological polar surface area (TPSA) is 96.8 Å². The van der Waals surface area contributed by atoms with Crippen LogP contribution in [0.1, 0.15) is 34.2 Å². The monoisotopic (exact) mass is 493 g/mol. The van der Waals surface area contributed by atoms with Gasteiger partial charge in [-0.3, -0.25) is 9.48 Å². The third kappa shape index (κ3) is 5.07. The van der Waals surface area contributed by atoms with Crippen LogP contribution in [0.2, 0.25) is 0 Å². The van der Waals surface area contributed by atoms with E-state index in [0.29, 0.717) is 24.3 Å². The summed E-state index contributed by atoms with van der Waals surface area (Å²) in [4.78, 5) is 41.1. The van der Waals surface area contributed by atoms with Crippen molar-refractivity contribution in [3.63, 3.8) is 0 Å². The number of esters is 1. The average Bonchev–Trinajstić information content (AvgIpc) is 3.21. The number of ether oxygens (including phenoxy) is 1. The van der Waals surface area contributed by atoms with Gasteiger partial charge in [-0.2, -0.15) is 5.10 Å². The Morgan fingerprint density at radius 3 is 2.53 bits per heavy atom. The van der Waals surface area contributed by atoms with Gasteiger partial charge in [0.25, 0.3) is 5.91 Å². The number of methoxy groups -OCH3 is 1. The first-order valence-electron chi connectivity index (χ1n) is 11.6. The van der Waals surface area contributed by atoms with Crippen LogP contribution in [0, 0.1) is 5.82 Å². The van der Waals surface area contributed by atoms with Crippen molar-refractivity contribution in [1.29, 1.82) is 0 Å². The first-order valence-corrected chi connectivity index (χ1v) is 11.6. The van der Waals surface area contributed by atoms with Crippen LogP contribution >= 0.6 is 0 Å². The van der Waals surface area contributed by atoms with Gasteiger partial charge in [0, 0.05) is 37.0 Å². The molecule has 1 aliphatic rings. The smallest absolute Gasteiger partial charge is 0.328 e. The van der Waals surface area contributed by atoms with Crippen LogP contribution in [0.25, 0.3) is 0 Å². The van der Waals surface area contributed by atoms with Gasteiger partial charge in [0.15, 0.2) is 0 Å². The highest BCUT2D eigenvalue weighted by molar-refractivity contribution is 6.06. The fraction of sp³-hybridized carbons (Fsp3) is 0.308. The molecule has 1 atom stereocenters. The molecule has 1 aromatic heterocycles. The highest BCUT2D eigenvalue weighted by Gasteiger charge is 2.30. The molecule has 188 valence electrons. The van der Waals surface area contributed by atoms with Crippen LogP contribution in [0.15, 0.2) is 54.6 Å². The van der Waals surface area contributed by atoms with Crippen molar-refractivity contribution >= 4 is 23.6 Å². The largest absolute Gasteiger partial charge is 0.467 e. The summed E-state index contributed by atoms with van der Waals surface area (Å²) in [6.07, 6.45) is 0.561. The van der Waals surface area contributed by atoms with Gasteiger partial charge in [0.05, 0.1) is 31.5 Å². The summed E-state index contributed by atoms with van der Waals surface area (Å²) >= 11 is 0. The molecule has 2 heterocycles. The van der Waals surface area contributed by atoms with E-state index < -0.39 is 29.8 Å². The van der Waals surface area contributed by atoms with Crippen molar-refractivity contribution in [1.82, 2.24) is 20.0 Å². The minimum atomic E-state index is -0.788. The molecule has 10 heteroatoms. The summed E-state index contributed by atoms with van der Waals surface area (Å²) in [5.74, 6) is -1.63. The van der Waals surface area contributed by atoms with Crippen LogP contribution in [0.4, 0.5) is 14.9 Å². The van der Waals surface area contributed by atoms with E-state index in [9.17, 15) is 18.8 Å². The van der Waals surface area contributed by atoms with Crippen LogP contribution in [-0.4, -0.2) is 52.3 Å². The summed E-state index contributed by atoms with van der Waals surface area (Å²) in [5, 5.41) is 7.30. The molecule has 1 aliphatic heterocycles. The van der Waals surface area contributed by atoms with E-state index in [1.807, 2.05) is 13.1 Å². The van der Waals surface area contributed by atoms with E-state index in [1.54, 1.807) is 46.8 Å². The van der Waals surface area contributed by atoms with Crippen molar-refractivity contribution < 1.29 is 23.5 Å². The Hall–Kier alpha value is -4.21. The van der Waals surface area contributed by atoms with Crippen molar-refractivity contribution in [2.24, 2.45) is 7.05 Å². The highest BCUT2D eigenvalue weighted by Crippen LogP contribution is 2.27. The third-order valence-corrected chi connectivity index (χ3v) is 6.23. The number of rotatable bonds is 6. The summed E-state index contributed by atoms with van der Waals surface area (Å²) in [6, 6.07) is 13.7. The zero-order valence-corrected chi connectivity index (χ0v) is 20.4. The molecular weight excluding hydrogens is 465 g/mol. The average molecular weight is 494 g/mol. The molecule has 36 heavy (non-hydrogen) atoms. The molecule has 4 rings (SSSR count). The van der Waals surface area contributed by atoms with Gasteiger partial charge in [0.2, 0.25) is 0 Å². The predicted octanol–water partition coefficient (Wildman–Crippen LogP) is 3.04. The van der Waals surface area contributed by atoms with Gasteiger partial charge >= 0.3 is 12.0 Å². The van der Waals surface area contributed by atoms with Crippen LogP contribution < -0.4 is 10.2 Å². The number of aromatic nitrogens is 2. The number of anilines is 1. The number of halogens is 1. The lowest BCUT2D eigenvalue weighted by molar-refractivity contribution is -0.142. The quantitative estimate of drug-likeness (QED) is 0.533. The fourth-order valence-electron chi connectivity index (χ4n) is 4.30. The van der Waals surface area contributed by atoms with Gasteiger partial charge in [-0.25, -0.2) is 14.0 Å². The minimum absolute atomic E-state index is 0.0380. The SMILES string of the molecule is COC(=O)C(C)NC(=O)N1CCc2c(c(CN(C(=O)c3ccccc3F)c3ccccc3)nn2C)C1. The maximum Gasteiger partial charge on any atom is 0.328 e. The maximum atomic E-state index is 14.5. The van der Waals surface area contributed by atoms with Crippen LogP contribution in [0.3, 0.4) is 0 Å². The molecule has 0 bridgehead atoms. The zero-order chi connectivity index (χ0) is 25.8. The number of benzene rings is 2. The first-order chi connectivity index (χ1) is 17.3. The van der Waals surface area contributed by atoms with Crippen LogP contribution in [0.5, 0.6) is 0 Å². The van der Waals surface area contributed by atoms with E-state index >= 15 is 0 Å².